The van der Waals surface area contributed by atoms with E-state index in [4.69, 9.17) is 0 Å². The number of hydrogen-bond acceptors (Lipinski definition) is 6. The first kappa shape index (κ1) is 31.0. The Kier molecular flexibility index (Phi) is 9.23. The third-order valence-electron chi connectivity index (χ3n) is 9.52. The average molecular weight is 628 g/mol. The van der Waals surface area contributed by atoms with Crippen LogP contribution in [0.1, 0.15) is 74.1 Å². The van der Waals surface area contributed by atoms with Crippen LogP contribution >= 0.6 is 0 Å². The summed E-state index contributed by atoms with van der Waals surface area (Å²) >= 11 is 0. The topological polar surface area (TPSA) is 80.1 Å². The number of nitrogens with zero attached hydrogens (tertiary/aromatic N) is 4. The second-order valence-electron chi connectivity index (χ2n) is 12.4. The van der Waals surface area contributed by atoms with E-state index < -0.39 is 28.8 Å². The number of fused-ring (bicyclic) bond motifs is 8. The van der Waals surface area contributed by atoms with E-state index in [-0.39, 0.29) is 36.2 Å². The Morgan fingerprint density at radius 1 is 1.02 bits per heavy atom. The second kappa shape index (κ2) is 13.1. The largest absolute Gasteiger partial charge is 0.363 e. The van der Waals surface area contributed by atoms with Crippen LogP contribution in [0.25, 0.3) is 11.0 Å². The number of pyridine rings is 1. The molecule has 0 radical (unpaired) electrons. The predicted octanol–water partition coefficient (Wildman–Crippen LogP) is 6.08. The van der Waals surface area contributed by atoms with Crippen LogP contribution < -0.4 is 10.9 Å². The summed E-state index contributed by atoms with van der Waals surface area (Å²) < 4.78 is 60.2. The number of rotatable bonds is 1. The summed E-state index contributed by atoms with van der Waals surface area (Å²) in [6, 6.07) is 8.05. The van der Waals surface area contributed by atoms with Crippen LogP contribution in [0.3, 0.4) is 0 Å². The zero-order valence-electron chi connectivity index (χ0n) is 25.1. The molecule has 2 atom stereocenters. The van der Waals surface area contributed by atoms with E-state index >= 15 is 8.78 Å². The zero-order chi connectivity index (χ0) is 30.8. The number of allylic oxidation sites excluding steroid dienone is 2. The van der Waals surface area contributed by atoms with Crippen molar-refractivity contribution in [3.05, 3.63) is 75.9 Å². The highest BCUT2D eigenvalue weighted by molar-refractivity contribution is 7.85. The highest BCUT2D eigenvalue weighted by atomic mass is 32.2. The smallest absolute Gasteiger partial charge is 0.276 e. The van der Waals surface area contributed by atoms with Crippen LogP contribution in [0.5, 0.6) is 0 Å². The molecule has 3 aromatic rings. The maximum absolute atomic E-state index is 15.8. The maximum atomic E-state index is 15.8. The molecule has 6 heterocycles. The lowest BCUT2D eigenvalue weighted by atomic mass is 9.85. The molecule has 1 unspecified atom stereocenters. The Morgan fingerprint density at radius 3 is 2.57 bits per heavy atom. The van der Waals surface area contributed by atoms with Gasteiger partial charge in [-0.2, -0.15) is 0 Å². The van der Waals surface area contributed by atoms with E-state index in [0.29, 0.717) is 91.1 Å². The molecule has 1 N–H and O–H groups in total. The highest BCUT2D eigenvalue weighted by Crippen LogP contribution is 2.42. The summed E-state index contributed by atoms with van der Waals surface area (Å²) in [5, 5.41) is 4.08. The summed E-state index contributed by atoms with van der Waals surface area (Å²) in [6.45, 7) is 3.32. The van der Waals surface area contributed by atoms with Crippen molar-refractivity contribution >= 4 is 27.7 Å². The van der Waals surface area contributed by atoms with Gasteiger partial charge in [-0.05, 0) is 82.2 Å². The first-order valence-electron chi connectivity index (χ1n) is 15.7. The van der Waals surface area contributed by atoms with Gasteiger partial charge in [0.2, 0.25) is 0 Å². The summed E-state index contributed by atoms with van der Waals surface area (Å²) in [7, 11) is -0.870. The molecule has 0 aliphatic carbocycles. The Bertz CT molecular complexity index is 1590. The van der Waals surface area contributed by atoms with E-state index in [0.717, 1.165) is 0 Å². The SMILES string of the molecule is C[C@H]1Nc2ncnc3c2cc(C2CCS(=O)CC2)c(=O)n3C/C=C\CCC(F)CN2CCC(CC2)C(F)(F)c2cccc1c2. The van der Waals surface area contributed by atoms with Crippen LogP contribution in [-0.2, 0) is 23.3 Å². The number of nitrogens with one attached hydrogen (secondary N) is 1. The fraction of sp³-hybridized carbons (Fsp3) is 0.545. The first-order valence-corrected chi connectivity index (χ1v) is 17.2. The number of hydrogen-bond donors (Lipinski definition) is 1. The molecule has 44 heavy (non-hydrogen) atoms. The van der Waals surface area contributed by atoms with Crippen LogP contribution in [-0.4, -0.2) is 61.0 Å². The Hall–Kier alpha value is -3.05. The van der Waals surface area contributed by atoms with Gasteiger partial charge in [-0.25, -0.2) is 23.1 Å². The van der Waals surface area contributed by atoms with E-state index in [2.05, 4.69) is 15.3 Å². The van der Waals surface area contributed by atoms with E-state index in [1.54, 1.807) is 16.7 Å². The monoisotopic (exact) mass is 627 g/mol. The number of benzene rings is 1. The maximum Gasteiger partial charge on any atom is 0.276 e. The van der Waals surface area contributed by atoms with Gasteiger partial charge in [-0.3, -0.25) is 13.6 Å². The van der Waals surface area contributed by atoms with Gasteiger partial charge in [-0.1, -0.05) is 30.4 Å². The van der Waals surface area contributed by atoms with Gasteiger partial charge in [0.15, 0.2) is 0 Å². The van der Waals surface area contributed by atoms with Crippen molar-refractivity contribution in [3.8, 4) is 0 Å². The molecular formula is C33H40F3N5O2S. The minimum Gasteiger partial charge on any atom is -0.363 e. The molecule has 236 valence electrons. The molecule has 2 aromatic heterocycles. The van der Waals surface area contributed by atoms with Crippen LogP contribution in [0.15, 0.2) is 53.6 Å². The lowest BCUT2D eigenvalue weighted by Crippen LogP contribution is -2.42. The molecular weight excluding hydrogens is 587 g/mol. The number of aromatic nitrogens is 3. The molecule has 7 rings (SSSR count). The molecule has 0 spiro atoms. The van der Waals surface area contributed by atoms with Crippen molar-refractivity contribution in [2.45, 2.75) is 76.0 Å². The van der Waals surface area contributed by atoms with Gasteiger partial charge in [-0.15, -0.1) is 0 Å². The molecule has 4 aliphatic rings. The van der Waals surface area contributed by atoms with Gasteiger partial charge in [0.05, 0.1) is 5.39 Å². The van der Waals surface area contributed by atoms with Crippen LogP contribution in [0.2, 0.25) is 0 Å². The molecule has 8 bridgehead atoms. The normalized spacial score (nSPS) is 30.4. The summed E-state index contributed by atoms with van der Waals surface area (Å²) in [6.07, 6.45) is 6.90. The number of alkyl halides is 3. The average Bonchev–Trinajstić information content (AvgIpc) is 3.02. The molecule has 0 saturated carbocycles. The lowest BCUT2D eigenvalue weighted by Gasteiger charge is -2.36. The Labute approximate surface area is 258 Å². The third kappa shape index (κ3) is 6.49. The minimum atomic E-state index is -3.00. The van der Waals surface area contributed by atoms with Crippen molar-refractivity contribution in [1.29, 1.82) is 0 Å². The fourth-order valence-corrected chi connectivity index (χ4v) is 8.15. The quantitative estimate of drug-likeness (QED) is 0.330. The standard InChI is InChI=1S/C33H40F3N5O2S/c1-22-24-6-5-7-26(18-24)33(35,36)25-9-14-40(15-10-25)20-27(34)8-3-2-4-13-41-31-29(30(39-22)37-21-38-31)19-28(32(41)42)23-11-16-44(43)17-12-23/h2,4-7,18-19,21-23,25,27H,3,8-17,20H2,1H3,(H,37,38,39)/b4-2-/t22-,23?,27?,44?/m1/s1. The van der Waals surface area contributed by atoms with Crippen molar-refractivity contribution in [2.75, 3.05) is 36.5 Å². The molecule has 4 aliphatic heterocycles. The summed E-state index contributed by atoms with van der Waals surface area (Å²) in [5.74, 6) is -2.21. The predicted molar refractivity (Wildman–Crippen MR) is 168 cm³/mol. The van der Waals surface area contributed by atoms with Crippen LogP contribution in [0.4, 0.5) is 19.0 Å². The second-order valence-corrected chi connectivity index (χ2v) is 14.1. The van der Waals surface area contributed by atoms with Gasteiger partial charge < -0.3 is 10.2 Å². The third-order valence-corrected chi connectivity index (χ3v) is 10.9. The van der Waals surface area contributed by atoms with Gasteiger partial charge in [0.1, 0.15) is 24.0 Å². The van der Waals surface area contributed by atoms with Gasteiger partial charge in [0, 0.05) is 58.5 Å². The minimum absolute atomic E-state index is 0.0132. The first-order chi connectivity index (χ1) is 21.2. The summed E-state index contributed by atoms with van der Waals surface area (Å²) in [5.41, 5.74) is 1.65. The highest BCUT2D eigenvalue weighted by Gasteiger charge is 2.43. The molecule has 2 saturated heterocycles. The lowest BCUT2D eigenvalue weighted by molar-refractivity contribution is -0.0865. The van der Waals surface area contributed by atoms with Crippen molar-refractivity contribution in [1.82, 2.24) is 19.4 Å². The summed E-state index contributed by atoms with van der Waals surface area (Å²) in [4.78, 5) is 24.8. The fourth-order valence-electron chi connectivity index (χ4n) is 6.85. The van der Waals surface area contributed by atoms with Crippen molar-refractivity contribution in [2.24, 2.45) is 5.92 Å². The van der Waals surface area contributed by atoms with Crippen LogP contribution in [0, 0.1) is 5.92 Å². The van der Waals surface area contributed by atoms with E-state index in [1.165, 1.54) is 12.4 Å². The number of anilines is 1. The Balaban J connectivity index is 1.41. The van der Waals surface area contributed by atoms with Crippen molar-refractivity contribution < 1.29 is 17.4 Å². The zero-order valence-corrected chi connectivity index (χ0v) is 25.9. The molecule has 0 amide bonds. The van der Waals surface area contributed by atoms with Gasteiger partial charge in [0.25, 0.3) is 11.5 Å². The molecule has 2 fully saturated rings. The molecule has 1 aromatic carbocycles. The molecule has 11 heteroatoms. The van der Waals surface area contributed by atoms with Crippen molar-refractivity contribution in [3.63, 3.8) is 0 Å². The van der Waals surface area contributed by atoms with E-state index in [1.807, 2.05) is 36.1 Å². The Morgan fingerprint density at radius 2 is 1.80 bits per heavy atom. The van der Waals surface area contributed by atoms with Gasteiger partial charge >= 0.3 is 0 Å². The number of piperidine rings is 1. The molecule has 7 nitrogen and oxygen atoms in total. The number of halogens is 3. The van der Waals surface area contributed by atoms with E-state index in [9.17, 15) is 13.4 Å².